The Bertz CT molecular complexity index is 508. The first-order valence-electron chi connectivity index (χ1n) is 6.18. The van der Waals surface area contributed by atoms with E-state index < -0.39 is 5.60 Å². The normalized spacial score (nSPS) is 12.2. The van der Waals surface area contributed by atoms with Crippen LogP contribution in [0.4, 0.5) is 0 Å². The van der Waals surface area contributed by atoms with Crippen LogP contribution in [-0.2, 0) is 13.0 Å². The monoisotopic (exact) mass is 232 g/mol. The minimum absolute atomic E-state index is 0.629. The number of rotatable bonds is 4. The average Bonchev–Trinajstić information content (AvgIpc) is 2.63. The molecule has 0 fully saturated rings. The summed E-state index contributed by atoms with van der Waals surface area (Å²) in [4.78, 5) is 4.61. The highest BCUT2D eigenvalue weighted by Crippen LogP contribution is 2.19. The van der Waals surface area contributed by atoms with Gasteiger partial charge in [-0.15, -0.1) is 0 Å². The third kappa shape index (κ3) is 2.67. The maximum atomic E-state index is 9.82. The van der Waals surface area contributed by atoms with Gasteiger partial charge in [0.25, 0.3) is 0 Å². The van der Waals surface area contributed by atoms with Crippen molar-refractivity contribution in [3.63, 3.8) is 0 Å². The molecule has 17 heavy (non-hydrogen) atoms. The highest BCUT2D eigenvalue weighted by molar-refractivity contribution is 5.75. The van der Waals surface area contributed by atoms with E-state index in [9.17, 15) is 5.11 Å². The molecule has 0 bridgehead atoms. The topological polar surface area (TPSA) is 38.0 Å². The lowest BCUT2D eigenvalue weighted by Gasteiger charge is -2.18. The average molecular weight is 232 g/mol. The number of para-hydroxylation sites is 2. The molecule has 2 rings (SSSR count). The molecule has 0 spiro atoms. The zero-order valence-electron chi connectivity index (χ0n) is 10.8. The van der Waals surface area contributed by atoms with Crippen molar-refractivity contribution in [3.8, 4) is 0 Å². The SMILES string of the molecule is CCc1nc2ccccc2n1CCC(C)(C)O. The molecule has 0 amide bonds. The van der Waals surface area contributed by atoms with E-state index in [1.54, 1.807) is 0 Å². The van der Waals surface area contributed by atoms with Gasteiger partial charge in [-0.05, 0) is 32.4 Å². The number of aryl methyl sites for hydroxylation is 2. The molecule has 0 aliphatic heterocycles. The van der Waals surface area contributed by atoms with Gasteiger partial charge >= 0.3 is 0 Å². The van der Waals surface area contributed by atoms with Crippen molar-refractivity contribution in [2.75, 3.05) is 0 Å². The Balaban J connectivity index is 2.37. The summed E-state index contributed by atoms with van der Waals surface area (Å²) in [5.41, 5.74) is 1.57. The summed E-state index contributed by atoms with van der Waals surface area (Å²) >= 11 is 0. The van der Waals surface area contributed by atoms with Crippen molar-refractivity contribution in [3.05, 3.63) is 30.1 Å². The van der Waals surface area contributed by atoms with Crippen LogP contribution in [0.25, 0.3) is 11.0 Å². The second-order valence-corrected chi connectivity index (χ2v) is 5.08. The first kappa shape index (κ1) is 12.1. The van der Waals surface area contributed by atoms with E-state index >= 15 is 0 Å². The summed E-state index contributed by atoms with van der Waals surface area (Å²) < 4.78 is 2.22. The fourth-order valence-corrected chi connectivity index (χ4v) is 2.03. The van der Waals surface area contributed by atoms with Crippen molar-refractivity contribution in [1.82, 2.24) is 9.55 Å². The standard InChI is InChI=1S/C14H20N2O/c1-4-13-15-11-7-5-6-8-12(11)16(13)10-9-14(2,3)17/h5-8,17H,4,9-10H2,1-3H3. The molecule has 3 heteroatoms. The number of hydrogen-bond donors (Lipinski definition) is 1. The van der Waals surface area contributed by atoms with Crippen molar-refractivity contribution in [2.24, 2.45) is 0 Å². The highest BCUT2D eigenvalue weighted by atomic mass is 16.3. The molecule has 0 unspecified atom stereocenters. The van der Waals surface area contributed by atoms with Crippen LogP contribution in [0.15, 0.2) is 24.3 Å². The molecule has 0 atom stereocenters. The number of aliphatic hydroxyl groups is 1. The van der Waals surface area contributed by atoms with Crippen LogP contribution in [0, 0.1) is 0 Å². The Hall–Kier alpha value is -1.35. The molecule has 1 heterocycles. The quantitative estimate of drug-likeness (QED) is 0.880. The summed E-state index contributed by atoms with van der Waals surface area (Å²) in [5.74, 6) is 1.09. The predicted octanol–water partition coefficient (Wildman–Crippen LogP) is 2.76. The second kappa shape index (κ2) is 4.49. The predicted molar refractivity (Wildman–Crippen MR) is 70.0 cm³/mol. The van der Waals surface area contributed by atoms with Gasteiger partial charge < -0.3 is 9.67 Å². The van der Waals surface area contributed by atoms with E-state index in [-0.39, 0.29) is 0 Å². The summed E-state index contributed by atoms with van der Waals surface area (Å²) in [7, 11) is 0. The van der Waals surface area contributed by atoms with E-state index in [1.807, 2.05) is 32.0 Å². The van der Waals surface area contributed by atoms with Crippen LogP contribution < -0.4 is 0 Å². The Morgan fingerprint density at radius 2 is 2.00 bits per heavy atom. The van der Waals surface area contributed by atoms with Gasteiger partial charge in [-0.25, -0.2) is 4.98 Å². The van der Waals surface area contributed by atoms with Crippen molar-refractivity contribution >= 4 is 11.0 Å². The largest absolute Gasteiger partial charge is 0.390 e. The van der Waals surface area contributed by atoms with Gasteiger partial charge in [-0.2, -0.15) is 0 Å². The molecular weight excluding hydrogens is 212 g/mol. The lowest BCUT2D eigenvalue weighted by molar-refractivity contribution is 0.0663. The van der Waals surface area contributed by atoms with Crippen LogP contribution in [0.2, 0.25) is 0 Å². The lowest BCUT2D eigenvalue weighted by Crippen LogP contribution is -2.21. The lowest BCUT2D eigenvalue weighted by atomic mass is 10.1. The maximum Gasteiger partial charge on any atom is 0.109 e. The molecule has 92 valence electrons. The first-order valence-corrected chi connectivity index (χ1v) is 6.18. The van der Waals surface area contributed by atoms with Crippen molar-refractivity contribution in [1.29, 1.82) is 0 Å². The van der Waals surface area contributed by atoms with E-state index in [0.29, 0.717) is 0 Å². The molecule has 0 aliphatic carbocycles. The molecule has 0 saturated heterocycles. The number of hydrogen-bond acceptors (Lipinski definition) is 2. The van der Waals surface area contributed by atoms with Crippen molar-refractivity contribution in [2.45, 2.75) is 45.8 Å². The number of aromatic nitrogens is 2. The Kier molecular flexibility index (Phi) is 3.20. The summed E-state index contributed by atoms with van der Waals surface area (Å²) in [6, 6.07) is 8.17. The van der Waals surface area contributed by atoms with E-state index in [1.165, 1.54) is 0 Å². The molecule has 2 aromatic rings. The molecule has 0 aliphatic rings. The van der Waals surface area contributed by atoms with Gasteiger partial charge in [0, 0.05) is 13.0 Å². The maximum absolute atomic E-state index is 9.82. The van der Waals surface area contributed by atoms with Crippen LogP contribution in [-0.4, -0.2) is 20.3 Å². The fraction of sp³-hybridized carbons (Fsp3) is 0.500. The van der Waals surface area contributed by atoms with Crippen LogP contribution >= 0.6 is 0 Å². The van der Waals surface area contributed by atoms with E-state index in [0.717, 1.165) is 36.2 Å². The molecule has 1 N–H and O–H groups in total. The minimum atomic E-state index is -0.629. The number of benzene rings is 1. The molecule has 0 saturated carbocycles. The first-order chi connectivity index (χ1) is 8.01. The van der Waals surface area contributed by atoms with Crippen LogP contribution in [0.1, 0.15) is 33.0 Å². The second-order valence-electron chi connectivity index (χ2n) is 5.08. The number of fused-ring (bicyclic) bond motifs is 1. The molecule has 1 aromatic heterocycles. The summed E-state index contributed by atoms with van der Waals surface area (Å²) in [6.07, 6.45) is 1.65. The Morgan fingerprint density at radius 1 is 1.29 bits per heavy atom. The van der Waals surface area contributed by atoms with Crippen LogP contribution in [0.3, 0.4) is 0 Å². The van der Waals surface area contributed by atoms with Gasteiger partial charge in [-0.1, -0.05) is 19.1 Å². The Morgan fingerprint density at radius 3 is 2.65 bits per heavy atom. The number of imidazole rings is 1. The minimum Gasteiger partial charge on any atom is -0.390 e. The molecule has 3 nitrogen and oxygen atoms in total. The summed E-state index contributed by atoms with van der Waals surface area (Å²) in [6.45, 7) is 6.62. The molecule has 1 aromatic carbocycles. The number of nitrogens with zero attached hydrogens (tertiary/aromatic N) is 2. The van der Waals surface area contributed by atoms with Gasteiger partial charge in [0.15, 0.2) is 0 Å². The van der Waals surface area contributed by atoms with Gasteiger partial charge in [0.1, 0.15) is 5.82 Å². The molecule has 0 radical (unpaired) electrons. The highest BCUT2D eigenvalue weighted by Gasteiger charge is 2.15. The third-order valence-electron chi connectivity index (χ3n) is 3.00. The van der Waals surface area contributed by atoms with Crippen LogP contribution in [0.5, 0.6) is 0 Å². The van der Waals surface area contributed by atoms with Gasteiger partial charge in [0.2, 0.25) is 0 Å². The fourth-order valence-electron chi connectivity index (χ4n) is 2.03. The van der Waals surface area contributed by atoms with E-state index in [4.69, 9.17) is 0 Å². The van der Waals surface area contributed by atoms with Crippen molar-refractivity contribution < 1.29 is 5.11 Å². The Labute approximate surface area is 102 Å². The van der Waals surface area contributed by atoms with Gasteiger partial charge in [0.05, 0.1) is 16.6 Å². The zero-order chi connectivity index (χ0) is 12.5. The third-order valence-corrected chi connectivity index (χ3v) is 3.00. The van der Waals surface area contributed by atoms with Gasteiger partial charge in [-0.3, -0.25) is 0 Å². The zero-order valence-corrected chi connectivity index (χ0v) is 10.8. The molecular formula is C14H20N2O. The van der Waals surface area contributed by atoms with E-state index in [2.05, 4.69) is 22.5 Å². The summed E-state index contributed by atoms with van der Waals surface area (Å²) in [5, 5.41) is 9.82. The smallest absolute Gasteiger partial charge is 0.109 e.